The van der Waals surface area contributed by atoms with Crippen molar-refractivity contribution in [3.8, 4) is 0 Å². The van der Waals surface area contributed by atoms with Gasteiger partial charge >= 0.3 is 5.97 Å². The molecular formula is C8H12O4. The van der Waals surface area contributed by atoms with Crippen LogP contribution in [0.4, 0.5) is 0 Å². The monoisotopic (exact) mass is 172 g/mol. The van der Waals surface area contributed by atoms with E-state index in [1.807, 2.05) is 0 Å². The molecule has 1 aliphatic heterocycles. The van der Waals surface area contributed by atoms with E-state index in [-0.39, 0.29) is 25.1 Å². The lowest BCUT2D eigenvalue weighted by Gasteiger charge is -2.09. The van der Waals surface area contributed by atoms with Gasteiger partial charge in [-0.15, -0.1) is 0 Å². The maximum absolute atomic E-state index is 10.8. The largest absolute Gasteiger partial charge is 0.459 e. The van der Waals surface area contributed by atoms with E-state index in [0.717, 1.165) is 0 Å². The van der Waals surface area contributed by atoms with Gasteiger partial charge in [-0.25, -0.2) is 0 Å². The summed E-state index contributed by atoms with van der Waals surface area (Å²) in [5, 5.41) is 17.3. The molecule has 4 heteroatoms. The van der Waals surface area contributed by atoms with Crippen molar-refractivity contribution in [3.63, 3.8) is 0 Å². The van der Waals surface area contributed by atoms with Crippen LogP contribution in [0, 0.1) is 5.92 Å². The first-order valence-corrected chi connectivity index (χ1v) is 3.85. The van der Waals surface area contributed by atoms with Gasteiger partial charge in [0.05, 0.1) is 19.6 Å². The lowest BCUT2D eigenvalue weighted by atomic mass is 10.0. The van der Waals surface area contributed by atoms with E-state index < -0.39 is 6.10 Å². The molecule has 68 valence electrons. The number of hydrogen-bond acceptors (Lipinski definition) is 4. The van der Waals surface area contributed by atoms with Gasteiger partial charge < -0.3 is 14.9 Å². The van der Waals surface area contributed by atoms with E-state index in [9.17, 15) is 4.79 Å². The maximum Gasteiger partial charge on any atom is 0.306 e. The Balaban J connectivity index is 2.51. The average molecular weight is 172 g/mol. The Morgan fingerprint density at radius 1 is 1.58 bits per heavy atom. The molecule has 4 nitrogen and oxygen atoms in total. The second kappa shape index (κ2) is 4.23. The number of carbonyl (C=O) groups is 1. The third kappa shape index (κ3) is 2.06. The lowest BCUT2D eigenvalue weighted by molar-refractivity contribution is -0.142. The molecule has 0 saturated carbocycles. The van der Waals surface area contributed by atoms with Gasteiger partial charge in [0.1, 0.15) is 6.10 Å². The van der Waals surface area contributed by atoms with Gasteiger partial charge in [-0.3, -0.25) is 4.79 Å². The molecule has 1 saturated heterocycles. The van der Waals surface area contributed by atoms with E-state index >= 15 is 0 Å². The highest BCUT2D eigenvalue weighted by Gasteiger charge is 2.31. The number of ether oxygens (including phenoxy) is 1. The topological polar surface area (TPSA) is 66.8 Å². The van der Waals surface area contributed by atoms with Gasteiger partial charge in [0, 0.05) is 5.92 Å². The Morgan fingerprint density at radius 3 is 2.92 bits per heavy atom. The summed E-state index contributed by atoms with van der Waals surface area (Å²) < 4.78 is 4.80. The Labute approximate surface area is 70.5 Å². The predicted molar refractivity (Wildman–Crippen MR) is 41.3 cm³/mol. The van der Waals surface area contributed by atoms with E-state index in [1.165, 1.54) is 0 Å². The van der Waals surface area contributed by atoms with E-state index in [1.54, 1.807) is 12.2 Å². The number of aliphatic hydroxyl groups is 2. The molecular weight excluding hydrogens is 160 g/mol. The summed E-state index contributed by atoms with van der Waals surface area (Å²) >= 11 is 0. The maximum atomic E-state index is 10.8. The summed E-state index contributed by atoms with van der Waals surface area (Å²) in [4.78, 5) is 10.8. The second-order valence-corrected chi connectivity index (χ2v) is 2.69. The minimum Gasteiger partial charge on any atom is -0.459 e. The van der Waals surface area contributed by atoms with Gasteiger partial charge in [-0.2, -0.15) is 0 Å². The molecule has 0 aromatic rings. The first-order valence-electron chi connectivity index (χ1n) is 3.85. The summed E-state index contributed by atoms with van der Waals surface area (Å²) in [6.45, 7) is -0.213. The van der Waals surface area contributed by atoms with Crippen LogP contribution in [0.15, 0.2) is 12.2 Å². The minimum atomic E-state index is -0.430. The van der Waals surface area contributed by atoms with Gasteiger partial charge in [0.15, 0.2) is 0 Å². The van der Waals surface area contributed by atoms with Crippen molar-refractivity contribution in [2.75, 3.05) is 13.2 Å². The van der Waals surface area contributed by atoms with Crippen LogP contribution in [-0.4, -0.2) is 35.5 Å². The zero-order chi connectivity index (χ0) is 8.97. The molecule has 0 spiro atoms. The lowest BCUT2D eigenvalue weighted by Crippen LogP contribution is -2.18. The van der Waals surface area contributed by atoms with Gasteiger partial charge in [0.2, 0.25) is 0 Å². The first kappa shape index (κ1) is 9.22. The Kier molecular flexibility index (Phi) is 3.25. The summed E-state index contributed by atoms with van der Waals surface area (Å²) in [7, 11) is 0. The van der Waals surface area contributed by atoms with Crippen LogP contribution >= 0.6 is 0 Å². The van der Waals surface area contributed by atoms with Crippen molar-refractivity contribution >= 4 is 5.97 Å². The minimum absolute atomic E-state index is 0.0527. The number of hydrogen-bond donors (Lipinski definition) is 2. The Morgan fingerprint density at radius 2 is 2.33 bits per heavy atom. The van der Waals surface area contributed by atoms with Crippen LogP contribution in [-0.2, 0) is 9.53 Å². The van der Waals surface area contributed by atoms with Crippen molar-refractivity contribution in [2.45, 2.75) is 12.5 Å². The molecule has 0 aromatic carbocycles. The van der Waals surface area contributed by atoms with Crippen molar-refractivity contribution < 1.29 is 19.7 Å². The number of cyclic esters (lactones) is 1. The standard InChI is InChI=1S/C8H12O4/c9-3-1-2-6-4-8(11)12-7(6)5-10/h1-2,6-7,9-10H,3-5H2/b2-1+. The van der Waals surface area contributed by atoms with Crippen LogP contribution in [0.2, 0.25) is 0 Å². The third-order valence-electron chi connectivity index (χ3n) is 1.83. The molecule has 0 aromatic heterocycles. The Hall–Kier alpha value is -0.870. The third-order valence-corrected chi connectivity index (χ3v) is 1.83. The second-order valence-electron chi connectivity index (χ2n) is 2.69. The van der Waals surface area contributed by atoms with Crippen molar-refractivity contribution in [2.24, 2.45) is 5.92 Å². The molecule has 1 fully saturated rings. The zero-order valence-corrected chi connectivity index (χ0v) is 6.64. The smallest absolute Gasteiger partial charge is 0.306 e. The van der Waals surface area contributed by atoms with E-state index in [4.69, 9.17) is 14.9 Å². The quantitative estimate of drug-likeness (QED) is 0.443. The summed E-state index contributed by atoms with van der Waals surface area (Å²) in [6, 6.07) is 0. The highest BCUT2D eigenvalue weighted by Crippen LogP contribution is 2.22. The predicted octanol–water partition coefficient (Wildman–Crippen LogP) is -0.541. The van der Waals surface area contributed by atoms with Crippen molar-refractivity contribution in [1.29, 1.82) is 0 Å². The van der Waals surface area contributed by atoms with Gasteiger partial charge in [-0.05, 0) is 0 Å². The van der Waals surface area contributed by atoms with Crippen LogP contribution in [0.1, 0.15) is 6.42 Å². The molecule has 12 heavy (non-hydrogen) atoms. The molecule has 2 unspecified atom stereocenters. The molecule has 0 aliphatic carbocycles. The number of esters is 1. The van der Waals surface area contributed by atoms with Crippen LogP contribution in [0.25, 0.3) is 0 Å². The molecule has 2 atom stereocenters. The van der Waals surface area contributed by atoms with E-state index in [0.29, 0.717) is 6.42 Å². The van der Waals surface area contributed by atoms with Crippen LogP contribution in [0.5, 0.6) is 0 Å². The van der Waals surface area contributed by atoms with Crippen molar-refractivity contribution in [3.05, 3.63) is 12.2 Å². The Bertz CT molecular complexity index is 187. The summed E-state index contributed by atoms with van der Waals surface area (Å²) in [5.41, 5.74) is 0. The number of rotatable bonds is 3. The normalized spacial score (nSPS) is 29.7. The molecule has 0 radical (unpaired) electrons. The highest BCUT2D eigenvalue weighted by atomic mass is 16.6. The van der Waals surface area contributed by atoms with Gasteiger partial charge in [-0.1, -0.05) is 12.2 Å². The summed E-state index contributed by atoms with van der Waals surface area (Å²) in [6.07, 6.45) is 3.11. The van der Waals surface area contributed by atoms with Crippen LogP contribution in [0.3, 0.4) is 0 Å². The highest BCUT2D eigenvalue weighted by molar-refractivity contribution is 5.72. The average Bonchev–Trinajstić information content (AvgIpc) is 2.42. The van der Waals surface area contributed by atoms with Crippen LogP contribution < -0.4 is 0 Å². The van der Waals surface area contributed by atoms with E-state index in [2.05, 4.69) is 0 Å². The summed E-state index contributed by atoms with van der Waals surface area (Å²) in [5.74, 6) is -0.378. The fraction of sp³-hybridized carbons (Fsp3) is 0.625. The fourth-order valence-corrected chi connectivity index (χ4v) is 1.23. The van der Waals surface area contributed by atoms with Gasteiger partial charge in [0.25, 0.3) is 0 Å². The molecule has 1 aliphatic rings. The molecule has 2 N–H and O–H groups in total. The molecule has 1 heterocycles. The number of carbonyl (C=O) groups excluding carboxylic acids is 1. The zero-order valence-electron chi connectivity index (χ0n) is 6.64. The molecule has 0 bridgehead atoms. The molecule has 0 amide bonds. The van der Waals surface area contributed by atoms with Crippen molar-refractivity contribution in [1.82, 2.24) is 0 Å². The SMILES string of the molecule is O=C1CC(/C=C/CO)C(CO)O1. The number of aliphatic hydroxyl groups excluding tert-OH is 2. The fourth-order valence-electron chi connectivity index (χ4n) is 1.23. The molecule has 1 rings (SSSR count). The first-order chi connectivity index (χ1) is 5.77.